The average Bonchev–Trinajstić information content (AvgIpc) is 2.89. The summed E-state index contributed by atoms with van der Waals surface area (Å²) in [5, 5.41) is 0.718. The number of ether oxygens (including phenoxy) is 2. The van der Waals surface area contributed by atoms with Gasteiger partial charge in [0, 0.05) is 12.1 Å². The number of amides is 1. The molecule has 0 radical (unpaired) electrons. The molecule has 2 aromatic rings. The number of nitrogens with zero attached hydrogens (tertiary/aromatic N) is 1. The summed E-state index contributed by atoms with van der Waals surface area (Å²) in [6.07, 6.45) is 1.82. The molecule has 0 spiro atoms. The first-order valence-electron chi connectivity index (χ1n) is 8.27. The van der Waals surface area contributed by atoms with Gasteiger partial charge in [-0.3, -0.25) is 9.69 Å². The van der Waals surface area contributed by atoms with Crippen LogP contribution in [0.25, 0.3) is 6.08 Å². The number of benzene rings is 2. The third-order valence-corrected chi connectivity index (χ3v) is 5.80. The van der Waals surface area contributed by atoms with Gasteiger partial charge in [-0.1, -0.05) is 47.7 Å². The molecular weight excluding hydrogens is 402 g/mol. The SMILES string of the molecule is Cc1cc(OCCOc2cccc(C=C3SC(=S)N(C)C3=O)c2)ccc1Cl. The van der Waals surface area contributed by atoms with E-state index in [0.717, 1.165) is 21.9 Å². The largest absolute Gasteiger partial charge is 0.490 e. The number of likely N-dealkylation sites (N-methyl/N-ethyl adjacent to an activating group) is 1. The van der Waals surface area contributed by atoms with Crippen LogP contribution in [-0.4, -0.2) is 35.4 Å². The van der Waals surface area contributed by atoms with Crippen LogP contribution >= 0.6 is 35.6 Å². The molecule has 1 aliphatic rings. The van der Waals surface area contributed by atoms with Gasteiger partial charge in [0.25, 0.3) is 5.91 Å². The van der Waals surface area contributed by atoms with Crippen LogP contribution in [0.15, 0.2) is 47.4 Å². The van der Waals surface area contributed by atoms with E-state index in [-0.39, 0.29) is 5.91 Å². The molecule has 140 valence electrons. The van der Waals surface area contributed by atoms with Crippen molar-refractivity contribution < 1.29 is 14.3 Å². The third-order valence-electron chi connectivity index (χ3n) is 3.89. The second kappa shape index (κ2) is 8.78. The van der Waals surface area contributed by atoms with Gasteiger partial charge in [0.05, 0.1) is 4.91 Å². The van der Waals surface area contributed by atoms with E-state index in [4.69, 9.17) is 33.3 Å². The van der Waals surface area contributed by atoms with Gasteiger partial charge in [-0.2, -0.15) is 0 Å². The summed E-state index contributed by atoms with van der Waals surface area (Å²) >= 11 is 12.5. The second-order valence-corrected chi connectivity index (χ2v) is 8.00. The minimum Gasteiger partial charge on any atom is -0.490 e. The lowest BCUT2D eigenvalue weighted by atomic mass is 10.2. The Labute approximate surface area is 173 Å². The van der Waals surface area contributed by atoms with Crippen LogP contribution in [-0.2, 0) is 4.79 Å². The van der Waals surface area contributed by atoms with E-state index in [2.05, 4.69) is 0 Å². The molecule has 0 saturated carbocycles. The predicted molar refractivity (Wildman–Crippen MR) is 115 cm³/mol. The van der Waals surface area contributed by atoms with E-state index in [1.165, 1.54) is 16.7 Å². The first kappa shape index (κ1) is 19.7. The molecule has 7 heteroatoms. The van der Waals surface area contributed by atoms with Gasteiger partial charge in [0.15, 0.2) is 0 Å². The lowest BCUT2D eigenvalue weighted by molar-refractivity contribution is -0.121. The van der Waals surface area contributed by atoms with Crippen LogP contribution in [0.4, 0.5) is 0 Å². The highest BCUT2D eigenvalue weighted by molar-refractivity contribution is 8.26. The van der Waals surface area contributed by atoms with E-state index in [9.17, 15) is 4.79 Å². The van der Waals surface area contributed by atoms with Gasteiger partial charge in [-0.25, -0.2) is 0 Å². The fourth-order valence-corrected chi connectivity index (χ4v) is 3.71. The summed E-state index contributed by atoms with van der Waals surface area (Å²) in [6, 6.07) is 13.1. The Hall–Kier alpha value is -2.02. The van der Waals surface area contributed by atoms with Crippen molar-refractivity contribution in [2.24, 2.45) is 0 Å². The number of carbonyl (C=O) groups excluding carboxylic acids is 1. The molecule has 0 atom stereocenters. The average molecular weight is 420 g/mol. The van der Waals surface area contributed by atoms with Crippen molar-refractivity contribution in [2.45, 2.75) is 6.92 Å². The number of rotatable bonds is 6. The minimum absolute atomic E-state index is 0.0806. The Morgan fingerprint density at radius 2 is 1.85 bits per heavy atom. The Kier molecular flexibility index (Phi) is 6.42. The monoisotopic (exact) mass is 419 g/mol. The number of halogens is 1. The topological polar surface area (TPSA) is 38.8 Å². The Bertz CT molecular complexity index is 914. The second-order valence-electron chi connectivity index (χ2n) is 5.92. The zero-order chi connectivity index (χ0) is 19.4. The van der Waals surface area contributed by atoms with Gasteiger partial charge in [-0.15, -0.1) is 0 Å². The van der Waals surface area contributed by atoms with E-state index in [1.54, 1.807) is 7.05 Å². The smallest absolute Gasteiger partial charge is 0.265 e. The zero-order valence-electron chi connectivity index (χ0n) is 14.9. The van der Waals surface area contributed by atoms with E-state index in [1.807, 2.05) is 55.5 Å². The quantitative estimate of drug-likeness (QED) is 0.377. The normalized spacial score (nSPS) is 15.5. The van der Waals surface area contributed by atoms with Crippen molar-refractivity contribution in [3.05, 3.63) is 63.5 Å². The number of hydrogen-bond donors (Lipinski definition) is 0. The van der Waals surface area contributed by atoms with Crippen LogP contribution in [0.3, 0.4) is 0 Å². The van der Waals surface area contributed by atoms with Crippen LogP contribution in [0.2, 0.25) is 5.02 Å². The first-order chi connectivity index (χ1) is 12.9. The summed E-state index contributed by atoms with van der Waals surface area (Å²) in [4.78, 5) is 14.2. The van der Waals surface area contributed by atoms with Crippen molar-refractivity contribution in [1.29, 1.82) is 0 Å². The summed E-state index contributed by atoms with van der Waals surface area (Å²) in [7, 11) is 1.68. The molecule has 0 aromatic heterocycles. The highest BCUT2D eigenvalue weighted by atomic mass is 35.5. The van der Waals surface area contributed by atoms with E-state index in [0.29, 0.717) is 28.2 Å². The molecule has 4 nitrogen and oxygen atoms in total. The van der Waals surface area contributed by atoms with Crippen molar-refractivity contribution in [3.8, 4) is 11.5 Å². The predicted octanol–water partition coefficient (Wildman–Crippen LogP) is 4.94. The van der Waals surface area contributed by atoms with Gasteiger partial charge >= 0.3 is 0 Å². The van der Waals surface area contributed by atoms with E-state index < -0.39 is 0 Å². The van der Waals surface area contributed by atoms with Crippen LogP contribution in [0.1, 0.15) is 11.1 Å². The Morgan fingerprint density at radius 3 is 2.48 bits per heavy atom. The Morgan fingerprint density at radius 1 is 1.15 bits per heavy atom. The number of hydrogen-bond acceptors (Lipinski definition) is 5. The maximum atomic E-state index is 12.1. The minimum atomic E-state index is -0.0806. The number of aryl methyl sites for hydroxylation is 1. The van der Waals surface area contributed by atoms with Gasteiger partial charge in [0.1, 0.15) is 29.0 Å². The number of thioether (sulfide) groups is 1. The fraction of sp³-hybridized carbons (Fsp3) is 0.200. The molecule has 2 aromatic carbocycles. The fourth-order valence-electron chi connectivity index (χ4n) is 2.42. The molecule has 1 aliphatic heterocycles. The first-order valence-corrected chi connectivity index (χ1v) is 9.87. The molecule has 1 fully saturated rings. The van der Waals surface area contributed by atoms with Crippen LogP contribution in [0, 0.1) is 6.92 Å². The Balaban J connectivity index is 1.56. The van der Waals surface area contributed by atoms with Gasteiger partial charge < -0.3 is 9.47 Å². The molecule has 1 heterocycles. The molecule has 1 amide bonds. The summed E-state index contributed by atoms with van der Waals surface area (Å²) in [5.41, 5.74) is 1.86. The van der Waals surface area contributed by atoms with Crippen LogP contribution < -0.4 is 9.47 Å². The molecule has 0 bridgehead atoms. The van der Waals surface area contributed by atoms with Gasteiger partial charge in [-0.05, 0) is 54.5 Å². The van der Waals surface area contributed by atoms with Gasteiger partial charge in [0.2, 0.25) is 0 Å². The maximum absolute atomic E-state index is 12.1. The lowest BCUT2D eigenvalue weighted by Gasteiger charge is -2.10. The molecule has 0 N–H and O–H groups in total. The summed E-state index contributed by atoms with van der Waals surface area (Å²) in [6.45, 7) is 2.76. The molecule has 0 unspecified atom stereocenters. The molecule has 0 aliphatic carbocycles. The zero-order valence-corrected chi connectivity index (χ0v) is 17.3. The van der Waals surface area contributed by atoms with Crippen LogP contribution in [0.5, 0.6) is 11.5 Å². The summed E-state index contributed by atoms with van der Waals surface area (Å²) < 4.78 is 12.0. The molecule has 3 rings (SSSR count). The highest BCUT2D eigenvalue weighted by Gasteiger charge is 2.28. The van der Waals surface area contributed by atoms with Crippen molar-refractivity contribution in [1.82, 2.24) is 4.90 Å². The molecule has 27 heavy (non-hydrogen) atoms. The summed E-state index contributed by atoms with van der Waals surface area (Å²) in [5.74, 6) is 1.39. The lowest BCUT2D eigenvalue weighted by Crippen LogP contribution is -2.22. The molecular formula is C20H18ClNO3S2. The third kappa shape index (κ3) is 5.03. The number of carbonyl (C=O) groups is 1. The van der Waals surface area contributed by atoms with Crippen molar-refractivity contribution in [2.75, 3.05) is 20.3 Å². The standard InChI is InChI=1S/C20H18ClNO3S2/c1-13-10-16(6-7-17(13)21)25-9-8-24-15-5-3-4-14(11-15)12-18-19(23)22(2)20(26)27-18/h3-7,10-12H,8-9H2,1-2H3. The number of thiocarbonyl (C=S) groups is 1. The highest BCUT2D eigenvalue weighted by Crippen LogP contribution is 2.31. The molecule has 1 saturated heterocycles. The van der Waals surface area contributed by atoms with E-state index >= 15 is 0 Å². The van der Waals surface area contributed by atoms with Crippen molar-refractivity contribution in [3.63, 3.8) is 0 Å². The maximum Gasteiger partial charge on any atom is 0.265 e. The van der Waals surface area contributed by atoms with Crippen molar-refractivity contribution >= 4 is 51.9 Å².